The normalized spacial score (nSPS) is 55.1. The standard InChI is InChI=1S/C36H58O8/c1-19-10-15-36(31(41)42)17-16-34(6)21(26(36)20(19)2)8-9-24-33(5)13-12-25(32(3,4)23(33)11-14-35(24,34)7)44-30-29(40)28(39)27(38)22(18-37)43-30/h8,19-20,22-30,37-40H,9-18H2,1-7H3,(H,41,42)/t19-,20+,22-,23?,24-,25+,26+,27+,28+,29-,30+,33+,34-,35-,36+/m1/s1. The fraction of sp³-hybridized carbons (Fsp3) is 0.917. The van der Waals surface area contributed by atoms with Crippen LogP contribution in [0.25, 0.3) is 0 Å². The number of aliphatic hydroxyl groups excluding tert-OH is 4. The van der Waals surface area contributed by atoms with Gasteiger partial charge in [-0.1, -0.05) is 60.1 Å². The Morgan fingerprint density at radius 2 is 1.61 bits per heavy atom. The molecular formula is C36H58O8. The van der Waals surface area contributed by atoms with E-state index in [1.165, 1.54) is 5.57 Å². The number of allylic oxidation sites excluding steroid dienone is 2. The molecule has 4 saturated carbocycles. The molecule has 15 atom stereocenters. The fourth-order valence-corrected chi connectivity index (χ4v) is 12.4. The molecule has 8 nitrogen and oxygen atoms in total. The lowest BCUT2D eigenvalue weighted by Gasteiger charge is -2.71. The van der Waals surface area contributed by atoms with Crippen molar-refractivity contribution < 1.29 is 39.8 Å². The molecule has 0 amide bonds. The molecule has 0 aromatic carbocycles. The molecule has 6 aliphatic rings. The molecular weight excluding hydrogens is 560 g/mol. The maximum Gasteiger partial charge on any atom is 0.310 e. The number of carbonyl (C=O) groups is 1. The van der Waals surface area contributed by atoms with Crippen LogP contribution in [0.3, 0.4) is 0 Å². The van der Waals surface area contributed by atoms with Gasteiger partial charge in [-0.15, -0.1) is 0 Å². The van der Waals surface area contributed by atoms with Crippen LogP contribution in [0.15, 0.2) is 11.6 Å². The van der Waals surface area contributed by atoms with Crippen LogP contribution in [-0.2, 0) is 14.3 Å². The predicted octanol–water partition coefficient (Wildman–Crippen LogP) is 4.91. The maximum absolute atomic E-state index is 13.0. The molecule has 5 N–H and O–H groups in total. The molecule has 0 bridgehead atoms. The molecule has 6 rings (SSSR count). The molecule has 5 fully saturated rings. The molecule has 0 aromatic rings. The Hall–Kier alpha value is -1.03. The summed E-state index contributed by atoms with van der Waals surface area (Å²) in [5.41, 5.74) is 0.662. The Bertz CT molecular complexity index is 1170. The molecule has 0 radical (unpaired) electrons. The zero-order valence-corrected chi connectivity index (χ0v) is 28.0. The highest BCUT2D eigenvalue weighted by Gasteiger charge is 2.69. The number of aliphatic hydroxyl groups is 4. The topological polar surface area (TPSA) is 137 Å². The summed E-state index contributed by atoms with van der Waals surface area (Å²) in [5.74, 6) is 1.21. The smallest absolute Gasteiger partial charge is 0.310 e. The summed E-state index contributed by atoms with van der Waals surface area (Å²) < 4.78 is 12.2. The van der Waals surface area contributed by atoms with Gasteiger partial charge in [0.2, 0.25) is 0 Å². The van der Waals surface area contributed by atoms with Gasteiger partial charge in [0.05, 0.1) is 18.1 Å². The summed E-state index contributed by atoms with van der Waals surface area (Å²) in [4.78, 5) is 13.0. The molecule has 5 aliphatic carbocycles. The molecule has 1 saturated heterocycles. The Labute approximate surface area is 263 Å². The Kier molecular flexibility index (Phi) is 8.03. The Morgan fingerprint density at radius 1 is 0.909 bits per heavy atom. The van der Waals surface area contributed by atoms with E-state index in [4.69, 9.17) is 9.47 Å². The van der Waals surface area contributed by atoms with Gasteiger partial charge in [0.25, 0.3) is 0 Å². The predicted molar refractivity (Wildman–Crippen MR) is 165 cm³/mol. The van der Waals surface area contributed by atoms with E-state index in [2.05, 4.69) is 54.5 Å². The van der Waals surface area contributed by atoms with Crippen LogP contribution in [0.5, 0.6) is 0 Å². The highest BCUT2D eigenvalue weighted by atomic mass is 16.7. The second-order valence-corrected chi connectivity index (χ2v) is 17.3. The monoisotopic (exact) mass is 618 g/mol. The van der Waals surface area contributed by atoms with Gasteiger partial charge in [-0.25, -0.2) is 0 Å². The second-order valence-electron chi connectivity index (χ2n) is 17.3. The van der Waals surface area contributed by atoms with Crippen LogP contribution in [0.2, 0.25) is 0 Å². The van der Waals surface area contributed by atoms with E-state index >= 15 is 0 Å². The Morgan fingerprint density at radius 3 is 2.27 bits per heavy atom. The fourth-order valence-electron chi connectivity index (χ4n) is 12.4. The number of aliphatic carboxylic acids is 1. The summed E-state index contributed by atoms with van der Waals surface area (Å²) in [7, 11) is 0. The van der Waals surface area contributed by atoms with Gasteiger partial charge in [0.15, 0.2) is 6.29 Å². The van der Waals surface area contributed by atoms with E-state index in [1.54, 1.807) is 0 Å². The van der Waals surface area contributed by atoms with Crippen molar-refractivity contribution >= 4 is 5.97 Å². The van der Waals surface area contributed by atoms with Gasteiger partial charge in [-0.05, 0) is 109 Å². The maximum atomic E-state index is 13.0. The quantitative estimate of drug-likeness (QED) is 0.221. The number of rotatable bonds is 4. The third-order valence-corrected chi connectivity index (χ3v) is 15.5. The highest BCUT2D eigenvalue weighted by Crippen LogP contribution is 2.76. The average Bonchev–Trinajstić information content (AvgIpc) is 2.96. The first kappa shape index (κ1) is 32.9. The lowest BCUT2D eigenvalue weighted by atomic mass is 9.33. The van der Waals surface area contributed by atoms with Gasteiger partial charge in [-0.2, -0.15) is 0 Å². The minimum absolute atomic E-state index is 0.0351. The average molecular weight is 619 g/mol. The van der Waals surface area contributed by atoms with Crippen molar-refractivity contribution in [1.82, 2.24) is 0 Å². The molecule has 8 heteroatoms. The van der Waals surface area contributed by atoms with Gasteiger partial charge >= 0.3 is 5.97 Å². The van der Waals surface area contributed by atoms with E-state index < -0.39 is 48.7 Å². The van der Waals surface area contributed by atoms with Crippen molar-refractivity contribution in [3.8, 4) is 0 Å². The van der Waals surface area contributed by atoms with Crippen molar-refractivity contribution in [2.75, 3.05) is 6.61 Å². The number of fused-ring (bicyclic) bond motifs is 7. The van der Waals surface area contributed by atoms with Crippen molar-refractivity contribution in [2.24, 2.45) is 56.7 Å². The summed E-state index contributed by atoms with van der Waals surface area (Å²) in [6, 6.07) is 0. The molecule has 1 heterocycles. The highest BCUT2D eigenvalue weighted by molar-refractivity contribution is 5.76. The van der Waals surface area contributed by atoms with Crippen LogP contribution in [0.4, 0.5) is 0 Å². The molecule has 44 heavy (non-hydrogen) atoms. The lowest BCUT2D eigenvalue weighted by molar-refractivity contribution is -0.330. The zero-order chi connectivity index (χ0) is 32.2. The molecule has 0 aromatic heterocycles. The van der Waals surface area contributed by atoms with Crippen LogP contribution in [0, 0.1) is 56.7 Å². The first-order valence-corrected chi connectivity index (χ1v) is 17.4. The van der Waals surface area contributed by atoms with Crippen molar-refractivity contribution in [3.63, 3.8) is 0 Å². The van der Waals surface area contributed by atoms with Crippen LogP contribution in [-0.4, -0.2) is 74.9 Å². The molecule has 0 spiro atoms. The molecule has 1 unspecified atom stereocenters. The van der Waals surface area contributed by atoms with E-state index in [1.807, 2.05) is 0 Å². The minimum atomic E-state index is -1.45. The number of hydrogen-bond acceptors (Lipinski definition) is 7. The van der Waals surface area contributed by atoms with Gasteiger partial charge < -0.3 is 35.0 Å². The number of carboxylic acid groups (broad SMARTS) is 1. The van der Waals surface area contributed by atoms with Crippen molar-refractivity contribution in [1.29, 1.82) is 0 Å². The number of ether oxygens (including phenoxy) is 2. The van der Waals surface area contributed by atoms with E-state index in [0.717, 1.165) is 57.8 Å². The van der Waals surface area contributed by atoms with Gasteiger partial charge in [0.1, 0.15) is 24.4 Å². The van der Waals surface area contributed by atoms with Crippen molar-refractivity contribution in [3.05, 3.63) is 11.6 Å². The summed E-state index contributed by atoms with van der Waals surface area (Å²) in [5, 5.41) is 51.7. The Balaban J connectivity index is 1.30. The largest absolute Gasteiger partial charge is 0.481 e. The summed E-state index contributed by atoms with van der Waals surface area (Å²) in [6.07, 6.45) is 4.29. The first-order chi connectivity index (χ1) is 20.5. The van der Waals surface area contributed by atoms with E-state index in [9.17, 15) is 30.3 Å². The zero-order valence-electron chi connectivity index (χ0n) is 28.0. The third kappa shape index (κ3) is 4.26. The SMILES string of the molecule is C[C@H]1[C@H](C)CC[C@]2(C(=O)O)CC[C@]3(C)C(=CC[C@@H]4[C@@]5(C)CC[C@H](O[C@@H]6O[C@H](CO)[C@H](O)[C@H](O)[C@H]6O)C(C)(C)C5CC[C@]43C)[C@H]12. The summed E-state index contributed by atoms with van der Waals surface area (Å²) >= 11 is 0. The second kappa shape index (κ2) is 10.7. The van der Waals surface area contributed by atoms with E-state index in [-0.39, 0.29) is 33.7 Å². The first-order valence-electron chi connectivity index (χ1n) is 17.4. The third-order valence-electron chi connectivity index (χ3n) is 15.5. The van der Waals surface area contributed by atoms with E-state index in [0.29, 0.717) is 23.7 Å². The number of carboxylic acids is 1. The van der Waals surface area contributed by atoms with Crippen molar-refractivity contribution in [2.45, 2.75) is 143 Å². The lowest BCUT2D eigenvalue weighted by Crippen LogP contribution is -2.66. The minimum Gasteiger partial charge on any atom is -0.481 e. The summed E-state index contributed by atoms with van der Waals surface area (Å²) in [6.45, 7) is 16.2. The van der Waals surface area contributed by atoms with Crippen LogP contribution < -0.4 is 0 Å². The molecule has 250 valence electrons. The molecule has 1 aliphatic heterocycles. The van der Waals surface area contributed by atoms with Crippen LogP contribution >= 0.6 is 0 Å². The number of hydrogen-bond donors (Lipinski definition) is 5. The van der Waals surface area contributed by atoms with Gasteiger partial charge in [0, 0.05) is 0 Å². The van der Waals surface area contributed by atoms with Gasteiger partial charge in [-0.3, -0.25) is 4.79 Å². The van der Waals surface area contributed by atoms with Crippen LogP contribution in [0.1, 0.15) is 106 Å².